The van der Waals surface area contributed by atoms with Gasteiger partial charge in [-0.3, -0.25) is 4.99 Å². The van der Waals surface area contributed by atoms with Crippen LogP contribution in [0.1, 0.15) is 36.1 Å². The van der Waals surface area contributed by atoms with Crippen molar-refractivity contribution in [3.8, 4) is 5.75 Å². The van der Waals surface area contributed by atoms with Gasteiger partial charge in [0.25, 0.3) is 0 Å². The zero-order valence-corrected chi connectivity index (χ0v) is 13.0. The van der Waals surface area contributed by atoms with Gasteiger partial charge in [0.15, 0.2) is 0 Å². The second kappa shape index (κ2) is 5.10. The van der Waals surface area contributed by atoms with Gasteiger partial charge in [0, 0.05) is 12.1 Å². The Hall–Kier alpha value is -1.87. The number of rotatable bonds is 2. The fourth-order valence-corrected chi connectivity index (χ4v) is 3.77. The molecule has 2 aliphatic rings. The third-order valence-electron chi connectivity index (χ3n) is 4.87. The number of nitrogens with zero attached hydrogens (tertiary/aromatic N) is 2. The van der Waals surface area contributed by atoms with Crippen molar-refractivity contribution in [1.82, 2.24) is 4.98 Å². The third-order valence-corrected chi connectivity index (χ3v) is 5.08. The second-order valence-electron chi connectivity index (χ2n) is 6.10. The van der Waals surface area contributed by atoms with Crippen LogP contribution in [0.25, 0.3) is 0 Å². The Bertz CT molecular complexity index is 765. The molecule has 1 saturated carbocycles. The summed E-state index contributed by atoms with van der Waals surface area (Å²) in [7, 11) is 0. The normalized spacial score (nSPS) is 19.0. The summed E-state index contributed by atoms with van der Waals surface area (Å²) in [5.74, 6) is 0.293. The van der Waals surface area contributed by atoms with Crippen LogP contribution in [0.3, 0.4) is 0 Å². The van der Waals surface area contributed by atoms with Gasteiger partial charge in [-0.05, 0) is 49.1 Å². The molecule has 112 valence electrons. The molecule has 4 rings (SSSR count). The fraction of sp³-hybridized carbons (Fsp3) is 0.333. The molecule has 1 aliphatic carbocycles. The van der Waals surface area contributed by atoms with E-state index in [1.807, 2.05) is 24.3 Å². The second-order valence-corrected chi connectivity index (χ2v) is 6.49. The van der Waals surface area contributed by atoms with Crippen molar-refractivity contribution >= 4 is 17.3 Å². The van der Waals surface area contributed by atoms with Crippen molar-refractivity contribution in [3.05, 3.63) is 58.4 Å². The number of hydrogen-bond acceptors (Lipinski definition) is 3. The molecule has 22 heavy (non-hydrogen) atoms. The van der Waals surface area contributed by atoms with Gasteiger partial charge < -0.3 is 5.11 Å². The Morgan fingerprint density at radius 1 is 1.14 bits per heavy atom. The zero-order chi connectivity index (χ0) is 15.2. The highest BCUT2D eigenvalue weighted by Crippen LogP contribution is 2.47. The lowest BCUT2D eigenvalue weighted by atomic mass is 9.61. The van der Waals surface area contributed by atoms with Gasteiger partial charge in [-0.25, -0.2) is 4.98 Å². The summed E-state index contributed by atoms with van der Waals surface area (Å²) in [5.41, 5.74) is 4.27. The topological polar surface area (TPSA) is 45.5 Å². The molecular weight excluding hydrogens is 296 g/mol. The maximum atomic E-state index is 9.89. The predicted molar refractivity (Wildman–Crippen MR) is 88.0 cm³/mol. The zero-order valence-electron chi connectivity index (χ0n) is 12.2. The highest BCUT2D eigenvalue weighted by Gasteiger charge is 2.46. The number of phenols is 1. The van der Waals surface area contributed by atoms with E-state index in [4.69, 9.17) is 16.6 Å². The van der Waals surface area contributed by atoms with Gasteiger partial charge in [0.05, 0.1) is 16.8 Å². The number of aromatic nitrogens is 1. The standard InChI is InChI=1S/C18H17ClN2O/c19-16-4-1-3-15(21-16)18(8-2-9-18)17-14-11-13(22)6-5-12(14)7-10-20-17/h1,3-6,11,22H,2,7-10H2. The van der Waals surface area contributed by atoms with Crippen LogP contribution in [0.5, 0.6) is 5.75 Å². The molecule has 0 spiro atoms. The molecule has 2 heterocycles. The first kappa shape index (κ1) is 13.8. The van der Waals surface area contributed by atoms with Crippen molar-refractivity contribution in [2.45, 2.75) is 31.1 Å². The first-order valence-electron chi connectivity index (χ1n) is 7.69. The lowest BCUT2D eigenvalue weighted by molar-refractivity contribution is 0.331. The number of benzene rings is 1. The molecule has 0 unspecified atom stereocenters. The molecule has 0 radical (unpaired) electrons. The van der Waals surface area contributed by atoms with E-state index in [9.17, 15) is 5.11 Å². The van der Waals surface area contributed by atoms with E-state index in [1.54, 1.807) is 12.1 Å². The molecule has 0 saturated heterocycles. The Morgan fingerprint density at radius 2 is 2.00 bits per heavy atom. The first-order chi connectivity index (χ1) is 10.7. The molecule has 1 fully saturated rings. The van der Waals surface area contributed by atoms with Crippen LogP contribution in [0, 0.1) is 0 Å². The minimum absolute atomic E-state index is 0.145. The smallest absolute Gasteiger partial charge is 0.129 e. The van der Waals surface area contributed by atoms with Crippen LogP contribution in [-0.4, -0.2) is 22.3 Å². The summed E-state index contributed by atoms with van der Waals surface area (Å²) >= 11 is 6.11. The maximum absolute atomic E-state index is 9.89. The molecular formula is C18H17ClN2O. The Morgan fingerprint density at radius 3 is 2.73 bits per heavy atom. The van der Waals surface area contributed by atoms with Crippen LogP contribution in [-0.2, 0) is 11.8 Å². The molecule has 0 atom stereocenters. The van der Waals surface area contributed by atoms with E-state index in [1.165, 1.54) is 12.0 Å². The number of pyridine rings is 1. The van der Waals surface area contributed by atoms with Crippen LogP contribution in [0.15, 0.2) is 41.4 Å². The predicted octanol–water partition coefficient (Wildman–Crippen LogP) is 3.91. The van der Waals surface area contributed by atoms with E-state index in [-0.39, 0.29) is 5.41 Å². The summed E-state index contributed by atoms with van der Waals surface area (Å²) in [6, 6.07) is 11.4. The third kappa shape index (κ3) is 2.03. The van der Waals surface area contributed by atoms with Crippen LogP contribution in [0.2, 0.25) is 5.15 Å². The Balaban J connectivity index is 1.86. The van der Waals surface area contributed by atoms with Crippen LogP contribution in [0.4, 0.5) is 0 Å². The molecule has 0 amide bonds. The number of aromatic hydroxyl groups is 1. The van der Waals surface area contributed by atoms with Gasteiger partial charge >= 0.3 is 0 Å². The van der Waals surface area contributed by atoms with E-state index >= 15 is 0 Å². The summed E-state index contributed by atoms with van der Waals surface area (Å²) in [6.07, 6.45) is 4.17. The van der Waals surface area contributed by atoms with E-state index in [2.05, 4.69) is 4.98 Å². The van der Waals surface area contributed by atoms with Crippen molar-refractivity contribution < 1.29 is 5.11 Å². The number of hydrogen-bond donors (Lipinski definition) is 1. The minimum Gasteiger partial charge on any atom is -0.508 e. The molecule has 1 N–H and O–H groups in total. The largest absolute Gasteiger partial charge is 0.508 e. The van der Waals surface area contributed by atoms with Crippen molar-refractivity contribution in [2.24, 2.45) is 4.99 Å². The average Bonchev–Trinajstić information content (AvgIpc) is 2.47. The lowest BCUT2D eigenvalue weighted by Crippen LogP contribution is -2.45. The van der Waals surface area contributed by atoms with Gasteiger partial charge in [-0.2, -0.15) is 0 Å². The Labute approximate surface area is 134 Å². The number of halogens is 1. The van der Waals surface area contributed by atoms with Gasteiger partial charge in [-0.15, -0.1) is 0 Å². The fourth-order valence-electron chi connectivity index (χ4n) is 3.60. The summed E-state index contributed by atoms with van der Waals surface area (Å²) in [5, 5.41) is 10.4. The molecule has 2 aromatic rings. The van der Waals surface area contributed by atoms with Crippen molar-refractivity contribution in [3.63, 3.8) is 0 Å². The molecule has 1 aliphatic heterocycles. The first-order valence-corrected chi connectivity index (χ1v) is 8.07. The number of aliphatic imine (C=N–C) groups is 1. The van der Waals surface area contributed by atoms with Crippen LogP contribution >= 0.6 is 11.6 Å². The highest BCUT2D eigenvalue weighted by atomic mass is 35.5. The number of fused-ring (bicyclic) bond motifs is 1. The quantitative estimate of drug-likeness (QED) is 0.855. The van der Waals surface area contributed by atoms with Gasteiger partial charge in [0.2, 0.25) is 0 Å². The van der Waals surface area contributed by atoms with Crippen molar-refractivity contribution in [1.29, 1.82) is 0 Å². The lowest BCUT2D eigenvalue weighted by Gasteiger charge is -2.44. The summed E-state index contributed by atoms with van der Waals surface area (Å²) in [6.45, 7) is 0.801. The van der Waals surface area contributed by atoms with E-state index < -0.39 is 0 Å². The maximum Gasteiger partial charge on any atom is 0.129 e. The number of phenolic OH excluding ortho intramolecular Hbond substituents is 1. The summed E-state index contributed by atoms with van der Waals surface area (Å²) in [4.78, 5) is 9.39. The molecule has 1 aromatic carbocycles. The Kier molecular flexibility index (Phi) is 3.19. The molecule has 4 heteroatoms. The highest BCUT2D eigenvalue weighted by molar-refractivity contribution is 6.29. The van der Waals surface area contributed by atoms with Crippen molar-refractivity contribution in [2.75, 3.05) is 6.54 Å². The monoisotopic (exact) mass is 312 g/mol. The average molecular weight is 313 g/mol. The summed E-state index contributed by atoms with van der Waals surface area (Å²) < 4.78 is 0. The van der Waals surface area contributed by atoms with Gasteiger partial charge in [0.1, 0.15) is 10.9 Å². The minimum atomic E-state index is -0.145. The van der Waals surface area contributed by atoms with E-state index in [0.29, 0.717) is 10.9 Å². The molecule has 1 aromatic heterocycles. The van der Waals surface area contributed by atoms with E-state index in [0.717, 1.165) is 42.8 Å². The van der Waals surface area contributed by atoms with Crippen LogP contribution < -0.4 is 0 Å². The molecule has 3 nitrogen and oxygen atoms in total. The molecule has 0 bridgehead atoms. The SMILES string of the molecule is Oc1ccc2c(c1)C(C1(c3cccc(Cl)n3)CCC1)=NCC2. The van der Waals surface area contributed by atoms with Gasteiger partial charge in [-0.1, -0.05) is 30.2 Å².